The highest BCUT2D eigenvalue weighted by molar-refractivity contribution is 7.20. The maximum absolute atomic E-state index is 13.0. The molecule has 1 amide bonds. The Hall–Kier alpha value is -2.09. The summed E-state index contributed by atoms with van der Waals surface area (Å²) in [5, 5.41) is 5.99. The van der Waals surface area contributed by atoms with Gasteiger partial charge >= 0.3 is 0 Å². The van der Waals surface area contributed by atoms with E-state index in [2.05, 4.69) is 23.2 Å². The lowest BCUT2D eigenvalue weighted by Gasteiger charge is -2.31. The van der Waals surface area contributed by atoms with Crippen LogP contribution < -0.4 is 0 Å². The number of carbonyl (C=O) groups is 1. The van der Waals surface area contributed by atoms with Crippen molar-refractivity contribution in [1.82, 2.24) is 14.9 Å². The largest absolute Gasteiger partial charge is 0.337 e. The first-order valence-electron chi connectivity index (χ1n) is 8.92. The molecule has 136 valence electrons. The lowest BCUT2D eigenvalue weighted by molar-refractivity contribution is 0.0702. The number of likely N-dealkylation sites (tertiary alicyclic amines) is 1. The molecule has 0 spiro atoms. The second kappa shape index (κ2) is 7.14. The molecule has 3 aromatic heterocycles. The molecule has 0 aliphatic carbocycles. The Balaban J connectivity index is 1.35. The standard InChI is InChI=1S/C20H17N3OS3/c24-20(15-12-26-19(22-15)17-8-4-10-25-17)23-9-3-5-13(11-23)18-21-14-6-1-2-7-16(14)27-18/h1-2,4,6-8,10,12-13H,3,5,9,11H2/t13-/m1/s1. The van der Waals surface area contributed by atoms with Gasteiger partial charge in [0.15, 0.2) is 0 Å². The van der Waals surface area contributed by atoms with Crippen molar-refractivity contribution in [1.29, 1.82) is 0 Å². The SMILES string of the molecule is O=C(c1csc(-c2cccs2)n1)N1CCC[C@@H](c2nc3ccccc3s2)C1. The van der Waals surface area contributed by atoms with Gasteiger partial charge in [-0.1, -0.05) is 18.2 Å². The summed E-state index contributed by atoms with van der Waals surface area (Å²) in [4.78, 5) is 25.5. The first-order chi connectivity index (χ1) is 13.3. The van der Waals surface area contributed by atoms with Crippen LogP contribution in [-0.4, -0.2) is 33.9 Å². The van der Waals surface area contributed by atoms with Crippen molar-refractivity contribution in [3.8, 4) is 9.88 Å². The van der Waals surface area contributed by atoms with Crippen LogP contribution in [0.15, 0.2) is 47.2 Å². The number of para-hydroxylation sites is 1. The molecule has 1 aromatic carbocycles. The van der Waals surface area contributed by atoms with E-state index in [0.717, 1.165) is 46.3 Å². The van der Waals surface area contributed by atoms with E-state index in [1.807, 2.05) is 33.9 Å². The molecule has 0 radical (unpaired) electrons. The molecule has 7 heteroatoms. The van der Waals surface area contributed by atoms with Gasteiger partial charge in [0.1, 0.15) is 10.7 Å². The van der Waals surface area contributed by atoms with Crippen LogP contribution in [0.2, 0.25) is 0 Å². The fourth-order valence-corrected chi connectivity index (χ4v) is 6.18. The number of thiazole rings is 2. The average Bonchev–Trinajstić information content (AvgIpc) is 3.47. The minimum absolute atomic E-state index is 0.0415. The molecule has 0 saturated carbocycles. The normalized spacial score (nSPS) is 17.5. The van der Waals surface area contributed by atoms with Crippen LogP contribution in [0.4, 0.5) is 0 Å². The van der Waals surface area contributed by atoms with Crippen molar-refractivity contribution in [3.05, 3.63) is 57.9 Å². The number of rotatable bonds is 3. The molecule has 0 unspecified atom stereocenters. The summed E-state index contributed by atoms with van der Waals surface area (Å²) in [6.07, 6.45) is 2.09. The van der Waals surface area contributed by atoms with Crippen LogP contribution in [0.1, 0.15) is 34.3 Å². The number of piperidine rings is 1. The number of amides is 1. The minimum Gasteiger partial charge on any atom is -0.337 e. The Morgan fingerprint density at radius 3 is 2.89 bits per heavy atom. The number of thiophene rings is 1. The summed E-state index contributed by atoms with van der Waals surface area (Å²) in [6, 6.07) is 12.3. The Bertz CT molecular complexity index is 1050. The van der Waals surface area contributed by atoms with Gasteiger partial charge < -0.3 is 4.90 Å². The minimum atomic E-state index is 0.0415. The number of fused-ring (bicyclic) bond motifs is 1. The van der Waals surface area contributed by atoms with Crippen LogP contribution in [0.5, 0.6) is 0 Å². The number of aromatic nitrogens is 2. The van der Waals surface area contributed by atoms with Gasteiger partial charge in [-0.05, 0) is 36.4 Å². The summed E-state index contributed by atoms with van der Waals surface area (Å²) in [5.41, 5.74) is 1.62. The Morgan fingerprint density at radius 2 is 2.04 bits per heavy atom. The van der Waals surface area contributed by atoms with Crippen LogP contribution in [0.25, 0.3) is 20.1 Å². The average molecular weight is 412 g/mol. The van der Waals surface area contributed by atoms with E-state index >= 15 is 0 Å². The second-order valence-electron chi connectivity index (χ2n) is 6.63. The van der Waals surface area contributed by atoms with Gasteiger partial charge in [-0.2, -0.15) is 0 Å². The van der Waals surface area contributed by atoms with E-state index in [1.54, 1.807) is 34.0 Å². The van der Waals surface area contributed by atoms with Crippen LogP contribution >= 0.6 is 34.0 Å². The maximum Gasteiger partial charge on any atom is 0.273 e. The zero-order valence-corrected chi connectivity index (χ0v) is 16.9. The molecular formula is C20H17N3OS3. The molecule has 1 aliphatic rings. The number of carbonyl (C=O) groups excluding carboxylic acids is 1. The van der Waals surface area contributed by atoms with E-state index in [4.69, 9.17) is 4.98 Å². The van der Waals surface area contributed by atoms with Crippen molar-refractivity contribution in [3.63, 3.8) is 0 Å². The molecule has 27 heavy (non-hydrogen) atoms. The predicted molar refractivity (Wildman–Crippen MR) is 113 cm³/mol. The number of hydrogen-bond donors (Lipinski definition) is 0. The highest BCUT2D eigenvalue weighted by Crippen LogP contribution is 2.34. The zero-order valence-electron chi connectivity index (χ0n) is 14.5. The molecule has 1 fully saturated rings. The molecule has 0 N–H and O–H groups in total. The molecule has 1 atom stereocenters. The van der Waals surface area contributed by atoms with E-state index < -0.39 is 0 Å². The van der Waals surface area contributed by atoms with Crippen molar-refractivity contribution >= 4 is 50.1 Å². The zero-order chi connectivity index (χ0) is 18.2. The van der Waals surface area contributed by atoms with Gasteiger partial charge in [-0.15, -0.1) is 34.0 Å². The molecule has 4 aromatic rings. The fraction of sp³-hybridized carbons (Fsp3) is 0.250. The van der Waals surface area contributed by atoms with Gasteiger partial charge in [0, 0.05) is 24.4 Å². The van der Waals surface area contributed by atoms with E-state index in [-0.39, 0.29) is 5.91 Å². The molecule has 1 aliphatic heterocycles. The van der Waals surface area contributed by atoms with Crippen LogP contribution in [-0.2, 0) is 0 Å². The predicted octanol–water partition coefficient (Wildman–Crippen LogP) is 5.50. The molecule has 1 saturated heterocycles. The fourth-order valence-electron chi connectivity index (χ4n) is 3.48. The molecule has 0 bridgehead atoms. The first-order valence-corrected chi connectivity index (χ1v) is 11.5. The van der Waals surface area contributed by atoms with Crippen LogP contribution in [0.3, 0.4) is 0 Å². The van der Waals surface area contributed by atoms with Crippen molar-refractivity contribution in [2.75, 3.05) is 13.1 Å². The molecule has 5 rings (SSSR count). The van der Waals surface area contributed by atoms with Gasteiger partial charge in [0.05, 0.1) is 20.1 Å². The van der Waals surface area contributed by atoms with E-state index in [1.165, 1.54) is 4.70 Å². The van der Waals surface area contributed by atoms with Gasteiger partial charge in [-0.3, -0.25) is 4.79 Å². The number of nitrogens with zero attached hydrogens (tertiary/aromatic N) is 3. The van der Waals surface area contributed by atoms with E-state index in [9.17, 15) is 4.79 Å². The molecule has 4 heterocycles. The summed E-state index contributed by atoms with van der Waals surface area (Å²) in [7, 11) is 0. The Morgan fingerprint density at radius 1 is 1.11 bits per heavy atom. The highest BCUT2D eigenvalue weighted by atomic mass is 32.1. The van der Waals surface area contributed by atoms with Gasteiger partial charge in [-0.25, -0.2) is 9.97 Å². The second-order valence-corrected chi connectivity index (χ2v) is 9.49. The van der Waals surface area contributed by atoms with Crippen molar-refractivity contribution in [2.45, 2.75) is 18.8 Å². The summed E-state index contributed by atoms with van der Waals surface area (Å²) >= 11 is 4.95. The van der Waals surface area contributed by atoms with Crippen molar-refractivity contribution in [2.24, 2.45) is 0 Å². The van der Waals surface area contributed by atoms with Crippen LogP contribution in [0, 0.1) is 0 Å². The third-order valence-electron chi connectivity index (χ3n) is 4.82. The lowest BCUT2D eigenvalue weighted by atomic mass is 9.98. The third kappa shape index (κ3) is 3.31. The smallest absolute Gasteiger partial charge is 0.273 e. The summed E-state index contributed by atoms with van der Waals surface area (Å²) < 4.78 is 1.22. The van der Waals surface area contributed by atoms with Gasteiger partial charge in [0.25, 0.3) is 5.91 Å². The Kier molecular flexibility index (Phi) is 4.51. The topological polar surface area (TPSA) is 46.1 Å². The third-order valence-corrected chi connectivity index (χ3v) is 7.90. The highest BCUT2D eigenvalue weighted by Gasteiger charge is 2.28. The monoisotopic (exact) mass is 411 g/mol. The Labute approximate surface area is 169 Å². The molecule has 4 nitrogen and oxygen atoms in total. The summed E-state index contributed by atoms with van der Waals surface area (Å²) in [5.74, 6) is 0.357. The first kappa shape index (κ1) is 17.0. The number of hydrogen-bond acceptors (Lipinski definition) is 6. The molecular weight excluding hydrogens is 394 g/mol. The van der Waals surface area contributed by atoms with Crippen molar-refractivity contribution < 1.29 is 4.79 Å². The quantitative estimate of drug-likeness (QED) is 0.447. The van der Waals surface area contributed by atoms with E-state index in [0.29, 0.717) is 11.6 Å². The lowest BCUT2D eigenvalue weighted by Crippen LogP contribution is -2.39. The summed E-state index contributed by atoms with van der Waals surface area (Å²) in [6.45, 7) is 1.52. The maximum atomic E-state index is 13.0. The van der Waals surface area contributed by atoms with Gasteiger partial charge in [0.2, 0.25) is 0 Å². The number of benzene rings is 1.